The number of nitrogens with two attached hydrogens (primary N) is 1. The number of rotatable bonds is 3. The van der Waals surface area contributed by atoms with Crippen molar-refractivity contribution in [3.8, 4) is 0 Å². The molecular weight excluding hydrogens is 213 g/mol. The van der Waals surface area contributed by atoms with E-state index in [0.29, 0.717) is 5.56 Å². The fourth-order valence-corrected chi connectivity index (χ4v) is 1.91. The van der Waals surface area contributed by atoms with Gasteiger partial charge in [-0.05, 0) is 23.9 Å². The molecule has 14 heavy (non-hydrogen) atoms. The molecule has 0 saturated carbocycles. The van der Waals surface area contributed by atoms with Crippen LogP contribution in [0.2, 0.25) is 0 Å². The van der Waals surface area contributed by atoms with Crippen LogP contribution in [0.15, 0.2) is 11.4 Å². The van der Waals surface area contributed by atoms with E-state index >= 15 is 0 Å². The van der Waals surface area contributed by atoms with Gasteiger partial charge < -0.3 is 0 Å². The molecule has 80 valence electrons. The Morgan fingerprint density at radius 3 is 2.57 bits per heavy atom. The van der Waals surface area contributed by atoms with Crippen LogP contribution in [0.5, 0.6) is 0 Å². The summed E-state index contributed by atoms with van der Waals surface area (Å²) in [5.41, 5.74) is 2.76. The lowest BCUT2D eigenvalue weighted by Gasteiger charge is -2.16. The van der Waals surface area contributed by atoms with Gasteiger partial charge in [0, 0.05) is 4.88 Å². The summed E-state index contributed by atoms with van der Waals surface area (Å²) in [5, 5.41) is 1.69. The van der Waals surface area contributed by atoms with E-state index < -0.39 is 18.6 Å². The summed E-state index contributed by atoms with van der Waals surface area (Å²) in [4.78, 5) is 0.974. The van der Waals surface area contributed by atoms with E-state index in [1.54, 1.807) is 11.4 Å². The van der Waals surface area contributed by atoms with Gasteiger partial charge in [0.1, 0.15) is 0 Å². The number of nitrogens with one attached hydrogen (secondary N) is 1. The second kappa shape index (κ2) is 4.29. The van der Waals surface area contributed by atoms with Crippen LogP contribution in [0.4, 0.5) is 13.2 Å². The Balaban J connectivity index is 2.72. The smallest absolute Gasteiger partial charge is 0.271 e. The molecule has 0 fully saturated rings. The standard InChI is InChI=1S/C8H11F3N2S/c1-5-2-6(4-14-5)7(13-12)3-8(9,10)11/h2,4,7,13H,3,12H2,1H3. The lowest BCUT2D eigenvalue weighted by atomic mass is 10.1. The molecule has 0 aliphatic carbocycles. The van der Waals surface area contributed by atoms with Gasteiger partial charge in [0.05, 0.1) is 12.5 Å². The first-order valence-electron chi connectivity index (χ1n) is 4.00. The van der Waals surface area contributed by atoms with Crippen molar-refractivity contribution in [2.24, 2.45) is 5.84 Å². The van der Waals surface area contributed by atoms with E-state index in [4.69, 9.17) is 5.84 Å². The minimum atomic E-state index is -4.20. The summed E-state index contributed by atoms with van der Waals surface area (Å²) in [6, 6.07) is 0.862. The largest absolute Gasteiger partial charge is 0.390 e. The predicted octanol–water partition coefficient (Wildman–Crippen LogP) is 2.51. The topological polar surface area (TPSA) is 38.0 Å². The molecular formula is C8H11F3N2S. The highest BCUT2D eigenvalue weighted by Crippen LogP contribution is 2.30. The molecule has 1 rings (SSSR count). The zero-order valence-electron chi connectivity index (χ0n) is 7.56. The quantitative estimate of drug-likeness (QED) is 0.611. The SMILES string of the molecule is Cc1cc(C(CC(F)(F)F)NN)cs1. The maximum Gasteiger partial charge on any atom is 0.390 e. The molecule has 0 bridgehead atoms. The summed E-state index contributed by atoms with van der Waals surface area (Å²) in [7, 11) is 0. The van der Waals surface area contributed by atoms with Crippen molar-refractivity contribution in [1.82, 2.24) is 5.43 Å². The summed E-state index contributed by atoms with van der Waals surface area (Å²) < 4.78 is 36.3. The number of alkyl halides is 3. The Hall–Kier alpha value is -0.590. The Labute approximate surface area is 83.9 Å². The molecule has 3 N–H and O–H groups in total. The third kappa shape index (κ3) is 3.28. The highest BCUT2D eigenvalue weighted by Gasteiger charge is 2.32. The molecule has 0 amide bonds. The molecule has 2 nitrogen and oxygen atoms in total. The van der Waals surface area contributed by atoms with E-state index in [1.165, 1.54) is 11.3 Å². The minimum Gasteiger partial charge on any atom is -0.271 e. The molecule has 0 saturated heterocycles. The molecule has 1 atom stereocenters. The van der Waals surface area contributed by atoms with E-state index in [2.05, 4.69) is 5.43 Å². The van der Waals surface area contributed by atoms with Gasteiger partial charge in [0.25, 0.3) is 0 Å². The predicted molar refractivity (Wildman–Crippen MR) is 49.8 cm³/mol. The molecule has 0 aliphatic rings. The van der Waals surface area contributed by atoms with Gasteiger partial charge in [-0.15, -0.1) is 11.3 Å². The maximum atomic E-state index is 12.1. The normalized spacial score (nSPS) is 14.4. The summed E-state index contributed by atoms with van der Waals surface area (Å²) in [5.74, 6) is 5.08. The number of halogens is 3. The Morgan fingerprint density at radius 2 is 2.21 bits per heavy atom. The fourth-order valence-electron chi connectivity index (χ4n) is 1.15. The van der Waals surface area contributed by atoms with Crippen molar-refractivity contribution >= 4 is 11.3 Å². The second-order valence-electron chi connectivity index (χ2n) is 3.03. The highest BCUT2D eigenvalue weighted by molar-refractivity contribution is 7.10. The second-order valence-corrected chi connectivity index (χ2v) is 4.14. The van der Waals surface area contributed by atoms with Crippen molar-refractivity contribution in [2.45, 2.75) is 25.6 Å². The molecule has 0 aliphatic heterocycles. The van der Waals surface area contributed by atoms with Gasteiger partial charge in [0.2, 0.25) is 0 Å². The van der Waals surface area contributed by atoms with E-state index in [0.717, 1.165) is 4.88 Å². The average molecular weight is 224 g/mol. The molecule has 1 aromatic rings. The van der Waals surface area contributed by atoms with E-state index in [1.807, 2.05) is 6.92 Å². The zero-order valence-corrected chi connectivity index (χ0v) is 8.38. The highest BCUT2D eigenvalue weighted by atomic mass is 32.1. The summed E-state index contributed by atoms with van der Waals surface area (Å²) in [6.07, 6.45) is -5.15. The number of hydrogen-bond donors (Lipinski definition) is 2. The molecule has 1 heterocycles. The summed E-state index contributed by atoms with van der Waals surface area (Å²) >= 11 is 1.41. The van der Waals surface area contributed by atoms with Crippen molar-refractivity contribution in [2.75, 3.05) is 0 Å². The fraction of sp³-hybridized carbons (Fsp3) is 0.500. The Morgan fingerprint density at radius 1 is 1.57 bits per heavy atom. The van der Waals surface area contributed by atoms with Crippen LogP contribution >= 0.6 is 11.3 Å². The molecule has 0 aromatic carbocycles. The lowest BCUT2D eigenvalue weighted by molar-refractivity contribution is -0.140. The summed E-state index contributed by atoms with van der Waals surface area (Å²) in [6.45, 7) is 1.84. The maximum absolute atomic E-state index is 12.1. The molecule has 0 spiro atoms. The van der Waals surface area contributed by atoms with Crippen LogP contribution in [0.3, 0.4) is 0 Å². The molecule has 1 aromatic heterocycles. The van der Waals surface area contributed by atoms with Crippen molar-refractivity contribution < 1.29 is 13.2 Å². The number of aryl methyl sites for hydroxylation is 1. The lowest BCUT2D eigenvalue weighted by Crippen LogP contribution is -2.31. The van der Waals surface area contributed by atoms with Crippen LogP contribution in [0.1, 0.15) is 22.9 Å². The first kappa shape index (κ1) is 11.5. The Kier molecular flexibility index (Phi) is 3.52. The molecule has 1 unspecified atom stereocenters. The van der Waals surface area contributed by atoms with Gasteiger partial charge in [-0.1, -0.05) is 0 Å². The number of hydrogen-bond acceptors (Lipinski definition) is 3. The van der Waals surface area contributed by atoms with Crippen molar-refractivity contribution in [1.29, 1.82) is 0 Å². The van der Waals surface area contributed by atoms with Gasteiger partial charge in [0.15, 0.2) is 0 Å². The van der Waals surface area contributed by atoms with Gasteiger partial charge in [-0.2, -0.15) is 13.2 Å². The first-order chi connectivity index (χ1) is 6.42. The van der Waals surface area contributed by atoms with Crippen LogP contribution in [0.25, 0.3) is 0 Å². The van der Waals surface area contributed by atoms with Gasteiger partial charge >= 0.3 is 6.18 Å². The first-order valence-corrected chi connectivity index (χ1v) is 4.88. The van der Waals surface area contributed by atoms with Gasteiger partial charge in [-0.25, -0.2) is 0 Å². The molecule has 6 heteroatoms. The van der Waals surface area contributed by atoms with Crippen LogP contribution in [-0.2, 0) is 0 Å². The number of thiophene rings is 1. The Bertz CT molecular complexity index is 295. The van der Waals surface area contributed by atoms with Gasteiger partial charge in [-0.3, -0.25) is 11.3 Å². The van der Waals surface area contributed by atoms with Crippen molar-refractivity contribution in [3.05, 3.63) is 21.9 Å². The number of hydrazine groups is 1. The zero-order chi connectivity index (χ0) is 10.8. The van der Waals surface area contributed by atoms with E-state index in [9.17, 15) is 13.2 Å². The monoisotopic (exact) mass is 224 g/mol. The van der Waals surface area contributed by atoms with Crippen molar-refractivity contribution in [3.63, 3.8) is 0 Å². The van der Waals surface area contributed by atoms with Crippen LogP contribution < -0.4 is 11.3 Å². The third-order valence-corrected chi connectivity index (χ3v) is 2.67. The van der Waals surface area contributed by atoms with Crippen LogP contribution in [-0.4, -0.2) is 6.18 Å². The molecule has 0 radical (unpaired) electrons. The van der Waals surface area contributed by atoms with E-state index in [-0.39, 0.29) is 0 Å². The third-order valence-electron chi connectivity index (χ3n) is 1.79. The average Bonchev–Trinajstić information content (AvgIpc) is 2.46. The minimum absolute atomic E-state index is 0.590. The van der Waals surface area contributed by atoms with Crippen LogP contribution in [0, 0.1) is 6.92 Å².